The molecule has 35 heavy (non-hydrogen) atoms. The van der Waals surface area contributed by atoms with Gasteiger partial charge in [0.05, 0.1) is 35.6 Å². The summed E-state index contributed by atoms with van der Waals surface area (Å²) < 4.78 is 17.8. The molecule has 4 rings (SSSR count). The van der Waals surface area contributed by atoms with E-state index in [2.05, 4.69) is 26.7 Å². The van der Waals surface area contributed by atoms with Gasteiger partial charge in [0.25, 0.3) is 0 Å². The molecule has 2 aliphatic rings. The van der Waals surface area contributed by atoms with Gasteiger partial charge in [-0.2, -0.15) is 10.2 Å². The van der Waals surface area contributed by atoms with Gasteiger partial charge in [-0.1, -0.05) is 11.6 Å². The minimum atomic E-state index is -0.556. The molecule has 0 spiro atoms. The van der Waals surface area contributed by atoms with Crippen molar-refractivity contribution in [3.05, 3.63) is 35.1 Å². The zero-order chi connectivity index (χ0) is 25.2. The number of piperidine rings is 1. The maximum Gasteiger partial charge on any atom is 0.410 e. The first-order valence-electron chi connectivity index (χ1n) is 11.4. The van der Waals surface area contributed by atoms with Crippen LogP contribution < -0.4 is 15.4 Å². The Morgan fingerprint density at radius 2 is 1.97 bits per heavy atom. The molecule has 1 amide bonds. The van der Waals surface area contributed by atoms with Gasteiger partial charge in [0.15, 0.2) is 5.82 Å². The molecule has 2 saturated heterocycles. The largest absolute Gasteiger partial charge is 0.472 e. The van der Waals surface area contributed by atoms with E-state index < -0.39 is 5.60 Å². The van der Waals surface area contributed by atoms with E-state index in [0.29, 0.717) is 60.0 Å². The number of hydrogen-bond donors (Lipinski definition) is 2. The molecule has 2 aliphatic heterocycles. The molecule has 2 fully saturated rings. The van der Waals surface area contributed by atoms with Crippen molar-refractivity contribution in [2.24, 2.45) is 11.8 Å². The second-order valence-electron chi connectivity index (χ2n) is 9.61. The van der Waals surface area contributed by atoms with Gasteiger partial charge >= 0.3 is 6.09 Å². The van der Waals surface area contributed by atoms with Crippen LogP contribution in [0.3, 0.4) is 0 Å². The number of nitriles is 1. The van der Waals surface area contributed by atoms with Crippen LogP contribution >= 0.6 is 11.6 Å². The molecular weight excluding hydrogens is 472 g/mol. The quantitative estimate of drug-likeness (QED) is 0.626. The van der Waals surface area contributed by atoms with E-state index in [4.69, 9.17) is 31.1 Å². The lowest BCUT2D eigenvalue weighted by Gasteiger charge is -2.46. The highest BCUT2D eigenvalue weighted by atomic mass is 35.5. The highest BCUT2D eigenvalue weighted by molar-refractivity contribution is 6.33. The average Bonchev–Trinajstić information content (AvgIpc) is 2.79. The van der Waals surface area contributed by atoms with Crippen molar-refractivity contribution >= 4 is 34.9 Å². The molecule has 2 N–H and O–H groups in total. The van der Waals surface area contributed by atoms with Crippen LogP contribution in [0.25, 0.3) is 0 Å². The molecule has 11 heteroatoms. The van der Waals surface area contributed by atoms with Crippen LogP contribution in [0.1, 0.15) is 26.3 Å². The molecule has 1 aromatic carbocycles. The summed E-state index contributed by atoms with van der Waals surface area (Å²) in [4.78, 5) is 23.1. The predicted molar refractivity (Wildman–Crippen MR) is 131 cm³/mol. The average molecular weight is 501 g/mol. The number of likely N-dealkylation sites (tertiary alicyclic amines) is 1. The number of halogens is 1. The molecule has 0 saturated carbocycles. The summed E-state index contributed by atoms with van der Waals surface area (Å²) in [7, 11) is 1.76. The summed E-state index contributed by atoms with van der Waals surface area (Å²) in [5.74, 6) is 0.817. The van der Waals surface area contributed by atoms with E-state index in [-0.39, 0.29) is 24.0 Å². The van der Waals surface area contributed by atoms with E-state index >= 15 is 0 Å². The van der Waals surface area contributed by atoms with Crippen LogP contribution in [0.15, 0.2) is 24.5 Å². The predicted octanol–water partition coefficient (Wildman–Crippen LogP) is 4.05. The summed E-state index contributed by atoms with van der Waals surface area (Å²) in [6.07, 6.45) is 0.908. The molecule has 2 aromatic rings. The highest BCUT2D eigenvalue weighted by Crippen LogP contribution is 2.37. The fraction of sp³-hybridized carbons (Fsp3) is 0.500. The van der Waals surface area contributed by atoms with Gasteiger partial charge in [-0.3, -0.25) is 0 Å². The number of hydrogen-bond acceptors (Lipinski definition) is 9. The first-order valence-corrected chi connectivity index (χ1v) is 11.8. The number of benzene rings is 1. The van der Waals surface area contributed by atoms with Crippen molar-refractivity contribution in [1.82, 2.24) is 14.9 Å². The zero-order valence-electron chi connectivity index (χ0n) is 20.2. The second kappa shape index (κ2) is 10.1. The zero-order valence-corrected chi connectivity index (χ0v) is 20.9. The topological polar surface area (TPSA) is 122 Å². The van der Waals surface area contributed by atoms with Gasteiger partial charge in [0, 0.05) is 32.0 Å². The van der Waals surface area contributed by atoms with Crippen molar-refractivity contribution in [2.45, 2.75) is 32.5 Å². The SMILES string of the molecule is CNc1c(Nc2ccc(C#N)cc2Cl)ncnc1OC1C2COCC1CN(C(=O)OC(C)(C)C)C2. The molecule has 0 radical (unpaired) electrons. The number of ether oxygens (including phenoxy) is 3. The second-order valence-corrected chi connectivity index (χ2v) is 10.0. The maximum atomic E-state index is 12.7. The summed E-state index contributed by atoms with van der Waals surface area (Å²) in [6, 6.07) is 7.04. The number of fused-ring (bicyclic) bond motifs is 2. The smallest absolute Gasteiger partial charge is 0.410 e. The van der Waals surface area contributed by atoms with E-state index in [1.165, 1.54) is 6.33 Å². The Labute approximate surface area is 209 Å². The Hall–Kier alpha value is -3.29. The number of carbonyl (C=O) groups is 1. The summed E-state index contributed by atoms with van der Waals surface area (Å²) in [5.41, 5.74) is 1.08. The standard InChI is InChI=1S/C24H29ClN6O4/c1-24(2,3)35-23(32)31-9-15-11-33-12-16(10-31)20(15)34-22-19(27-4)21(28-13-29-22)30-18-6-5-14(8-26)7-17(18)25/h5-7,13,15-16,20,27H,9-12H2,1-4H3,(H,28,29,30). The Morgan fingerprint density at radius 3 is 2.57 bits per heavy atom. The highest BCUT2D eigenvalue weighted by Gasteiger charge is 2.44. The fourth-order valence-electron chi connectivity index (χ4n) is 4.29. The molecule has 186 valence electrons. The Bertz CT molecular complexity index is 1120. The molecule has 2 atom stereocenters. The Kier molecular flexibility index (Phi) is 7.19. The van der Waals surface area contributed by atoms with Gasteiger partial charge in [-0.25, -0.2) is 9.78 Å². The van der Waals surface area contributed by atoms with Gasteiger partial charge in [-0.05, 0) is 39.0 Å². The first-order chi connectivity index (χ1) is 16.7. The minimum Gasteiger partial charge on any atom is -0.472 e. The van der Waals surface area contributed by atoms with Crippen molar-refractivity contribution < 1.29 is 19.0 Å². The number of rotatable bonds is 5. The van der Waals surface area contributed by atoms with Crippen LogP contribution in [0.2, 0.25) is 5.02 Å². The maximum absolute atomic E-state index is 12.7. The van der Waals surface area contributed by atoms with Crippen molar-refractivity contribution in [3.63, 3.8) is 0 Å². The molecule has 2 bridgehead atoms. The third kappa shape index (κ3) is 5.69. The molecule has 3 heterocycles. The van der Waals surface area contributed by atoms with Crippen LogP contribution in [-0.2, 0) is 9.47 Å². The number of nitrogens with one attached hydrogen (secondary N) is 2. The molecule has 1 aromatic heterocycles. The lowest BCUT2D eigenvalue weighted by Crippen LogP contribution is -2.59. The third-order valence-corrected chi connectivity index (χ3v) is 6.13. The third-order valence-electron chi connectivity index (χ3n) is 5.82. The van der Waals surface area contributed by atoms with Gasteiger partial charge < -0.3 is 29.7 Å². The lowest BCUT2D eigenvalue weighted by molar-refractivity contribution is -0.113. The van der Waals surface area contributed by atoms with Crippen LogP contribution in [0, 0.1) is 23.2 Å². The van der Waals surface area contributed by atoms with Crippen molar-refractivity contribution in [1.29, 1.82) is 5.26 Å². The summed E-state index contributed by atoms with van der Waals surface area (Å²) in [5, 5.41) is 15.8. The van der Waals surface area contributed by atoms with Gasteiger partial charge in [0.2, 0.25) is 5.88 Å². The van der Waals surface area contributed by atoms with E-state index in [9.17, 15) is 4.79 Å². The Morgan fingerprint density at radius 1 is 1.26 bits per heavy atom. The normalized spacial score (nSPS) is 21.6. The first kappa shape index (κ1) is 24.8. The minimum absolute atomic E-state index is 0.0286. The fourth-order valence-corrected chi connectivity index (χ4v) is 4.52. The Balaban J connectivity index is 1.52. The lowest BCUT2D eigenvalue weighted by atomic mass is 9.84. The van der Waals surface area contributed by atoms with E-state index in [1.54, 1.807) is 30.1 Å². The van der Waals surface area contributed by atoms with E-state index in [0.717, 1.165) is 0 Å². The number of nitrogens with zero attached hydrogens (tertiary/aromatic N) is 4. The number of anilines is 3. The summed E-state index contributed by atoms with van der Waals surface area (Å²) >= 11 is 6.33. The van der Waals surface area contributed by atoms with Crippen LogP contribution in [0.5, 0.6) is 5.88 Å². The van der Waals surface area contributed by atoms with Gasteiger partial charge in [0.1, 0.15) is 23.7 Å². The molecule has 2 unspecified atom stereocenters. The number of amides is 1. The van der Waals surface area contributed by atoms with Crippen molar-refractivity contribution in [3.8, 4) is 11.9 Å². The van der Waals surface area contributed by atoms with Gasteiger partial charge in [-0.15, -0.1) is 0 Å². The molecule has 0 aliphatic carbocycles. The summed E-state index contributed by atoms with van der Waals surface area (Å²) in [6.45, 7) is 7.48. The molecular formula is C24H29ClN6O4. The number of carbonyl (C=O) groups excluding carboxylic acids is 1. The van der Waals surface area contributed by atoms with E-state index in [1.807, 2.05) is 20.8 Å². The molecule has 10 nitrogen and oxygen atoms in total. The monoisotopic (exact) mass is 500 g/mol. The van der Waals surface area contributed by atoms with Crippen LogP contribution in [-0.4, -0.2) is 66.0 Å². The van der Waals surface area contributed by atoms with Crippen LogP contribution in [0.4, 0.5) is 22.0 Å². The van der Waals surface area contributed by atoms with Crippen molar-refractivity contribution in [2.75, 3.05) is 44.0 Å². The number of aromatic nitrogens is 2.